The maximum Gasteiger partial charge on any atom is 0.325 e. The summed E-state index contributed by atoms with van der Waals surface area (Å²) in [7, 11) is 1.59. The molecule has 6 nitrogen and oxygen atoms in total. The van der Waals surface area contributed by atoms with Crippen LogP contribution >= 0.6 is 24.0 Å². The molecule has 0 aliphatic heterocycles. The maximum atomic E-state index is 13.5. The Morgan fingerprint density at radius 1 is 1.28 bits per heavy atom. The van der Waals surface area contributed by atoms with E-state index in [1.165, 1.54) is 6.07 Å². The summed E-state index contributed by atoms with van der Waals surface area (Å²) in [4.78, 5) is 15.7. The van der Waals surface area contributed by atoms with Crippen LogP contribution in [-0.4, -0.2) is 43.8 Å². The van der Waals surface area contributed by atoms with Crippen molar-refractivity contribution in [2.24, 2.45) is 4.99 Å². The molecule has 1 aromatic carbocycles. The van der Waals surface area contributed by atoms with E-state index in [-0.39, 0.29) is 48.3 Å². The van der Waals surface area contributed by atoms with Gasteiger partial charge in [0.05, 0.1) is 6.54 Å². The fourth-order valence-corrected chi connectivity index (χ4v) is 1.79. The SMILES string of the molecule is CN=C(NCC(=O)OC(C)(C)C)NCC(C)Oc1ccccc1F.I. The predicted octanol–water partition coefficient (Wildman–Crippen LogP) is 2.72. The highest BCUT2D eigenvalue weighted by molar-refractivity contribution is 14.0. The Labute approximate surface area is 165 Å². The van der Waals surface area contributed by atoms with Crippen LogP contribution in [0.2, 0.25) is 0 Å². The summed E-state index contributed by atoms with van der Waals surface area (Å²) in [6.45, 7) is 7.61. The van der Waals surface area contributed by atoms with E-state index in [0.29, 0.717) is 12.5 Å². The quantitative estimate of drug-likeness (QED) is 0.292. The summed E-state index contributed by atoms with van der Waals surface area (Å²) in [6, 6.07) is 6.23. The van der Waals surface area contributed by atoms with E-state index in [1.54, 1.807) is 52.9 Å². The first-order chi connectivity index (χ1) is 11.2. The predicted molar refractivity (Wildman–Crippen MR) is 107 cm³/mol. The molecule has 0 spiro atoms. The molecule has 25 heavy (non-hydrogen) atoms. The first-order valence-electron chi connectivity index (χ1n) is 7.79. The zero-order valence-electron chi connectivity index (χ0n) is 15.3. The minimum absolute atomic E-state index is 0. The molecule has 0 bridgehead atoms. The lowest BCUT2D eigenvalue weighted by atomic mass is 10.2. The second-order valence-electron chi connectivity index (χ2n) is 6.25. The Balaban J connectivity index is 0.00000576. The Kier molecular flexibility index (Phi) is 10.4. The largest absolute Gasteiger partial charge is 0.486 e. The average Bonchev–Trinajstić information content (AvgIpc) is 2.48. The fraction of sp³-hybridized carbons (Fsp3) is 0.529. The Morgan fingerprint density at radius 3 is 2.48 bits per heavy atom. The van der Waals surface area contributed by atoms with Crippen molar-refractivity contribution >= 4 is 35.9 Å². The molecule has 1 rings (SSSR count). The van der Waals surface area contributed by atoms with Crippen LogP contribution < -0.4 is 15.4 Å². The molecule has 1 aromatic rings. The summed E-state index contributed by atoms with van der Waals surface area (Å²) in [5, 5.41) is 5.87. The van der Waals surface area contributed by atoms with E-state index >= 15 is 0 Å². The number of carbonyl (C=O) groups excluding carboxylic acids is 1. The first kappa shape index (κ1) is 23.4. The summed E-state index contributed by atoms with van der Waals surface area (Å²) in [6.07, 6.45) is -0.290. The van der Waals surface area contributed by atoms with Gasteiger partial charge < -0.3 is 20.1 Å². The number of hydrogen-bond donors (Lipinski definition) is 2. The van der Waals surface area contributed by atoms with Gasteiger partial charge in [-0.15, -0.1) is 24.0 Å². The molecule has 0 heterocycles. The number of nitrogens with one attached hydrogen (secondary N) is 2. The fourth-order valence-electron chi connectivity index (χ4n) is 1.79. The number of para-hydroxylation sites is 1. The van der Waals surface area contributed by atoms with E-state index in [1.807, 2.05) is 0 Å². The van der Waals surface area contributed by atoms with Crippen molar-refractivity contribution in [2.75, 3.05) is 20.1 Å². The number of carbonyl (C=O) groups is 1. The van der Waals surface area contributed by atoms with Crippen molar-refractivity contribution in [3.63, 3.8) is 0 Å². The molecule has 0 aliphatic carbocycles. The lowest BCUT2D eigenvalue weighted by Crippen LogP contribution is -2.44. The van der Waals surface area contributed by atoms with Crippen LogP contribution in [0.25, 0.3) is 0 Å². The molecule has 0 aromatic heterocycles. The summed E-state index contributed by atoms with van der Waals surface area (Å²) < 4.78 is 24.2. The van der Waals surface area contributed by atoms with Gasteiger partial charge in [-0.05, 0) is 39.8 Å². The monoisotopic (exact) mass is 467 g/mol. The summed E-state index contributed by atoms with van der Waals surface area (Å²) >= 11 is 0. The molecular weight excluding hydrogens is 440 g/mol. The number of esters is 1. The number of aliphatic imine (C=N–C) groups is 1. The number of guanidine groups is 1. The zero-order valence-corrected chi connectivity index (χ0v) is 17.6. The topological polar surface area (TPSA) is 72.0 Å². The number of ether oxygens (including phenoxy) is 2. The smallest absolute Gasteiger partial charge is 0.325 e. The van der Waals surface area contributed by atoms with Crippen LogP contribution in [0.5, 0.6) is 5.75 Å². The van der Waals surface area contributed by atoms with Crippen LogP contribution in [0, 0.1) is 5.82 Å². The van der Waals surface area contributed by atoms with Gasteiger partial charge in [0.1, 0.15) is 18.2 Å². The van der Waals surface area contributed by atoms with Crippen molar-refractivity contribution in [3.8, 4) is 5.75 Å². The van der Waals surface area contributed by atoms with Gasteiger partial charge in [-0.2, -0.15) is 0 Å². The van der Waals surface area contributed by atoms with Crippen LogP contribution in [0.4, 0.5) is 4.39 Å². The lowest BCUT2D eigenvalue weighted by molar-refractivity contribution is -0.153. The molecule has 0 radical (unpaired) electrons. The first-order valence-corrected chi connectivity index (χ1v) is 7.79. The molecule has 0 amide bonds. The molecule has 0 fully saturated rings. The average molecular weight is 467 g/mol. The van der Waals surface area contributed by atoms with Gasteiger partial charge >= 0.3 is 5.97 Å². The Hall–Kier alpha value is -1.58. The molecule has 2 N–H and O–H groups in total. The number of rotatable bonds is 6. The van der Waals surface area contributed by atoms with Gasteiger partial charge in [0.25, 0.3) is 0 Å². The third-order valence-corrected chi connectivity index (χ3v) is 2.77. The summed E-state index contributed by atoms with van der Waals surface area (Å²) in [5.74, 6) is -0.147. The highest BCUT2D eigenvalue weighted by Gasteiger charge is 2.16. The van der Waals surface area contributed by atoms with E-state index in [2.05, 4.69) is 15.6 Å². The van der Waals surface area contributed by atoms with Gasteiger partial charge in [-0.25, -0.2) is 4.39 Å². The zero-order chi connectivity index (χ0) is 18.2. The molecule has 1 unspecified atom stereocenters. The second-order valence-corrected chi connectivity index (χ2v) is 6.25. The molecule has 0 saturated carbocycles. The number of halogens is 2. The van der Waals surface area contributed by atoms with Gasteiger partial charge in [0.15, 0.2) is 17.5 Å². The van der Waals surface area contributed by atoms with Crippen LogP contribution in [0.1, 0.15) is 27.7 Å². The third-order valence-electron chi connectivity index (χ3n) is 2.77. The maximum absolute atomic E-state index is 13.5. The van der Waals surface area contributed by atoms with Crippen LogP contribution in [-0.2, 0) is 9.53 Å². The minimum Gasteiger partial charge on any atom is -0.486 e. The van der Waals surface area contributed by atoms with E-state index < -0.39 is 11.4 Å². The number of benzene rings is 1. The van der Waals surface area contributed by atoms with Crippen LogP contribution in [0.3, 0.4) is 0 Å². The number of nitrogens with zero attached hydrogens (tertiary/aromatic N) is 1. The van der Waals surface area contributed by atoms with E-state index in [9.17, 15) is 9.18 Å². The lowest BCUT2D eigenvalue weighted by Gasteiger charge is -2.21. The molecule has 142 valence electrons. The van der Waals surface area contributed by atoms with Crippen molar-refractivity contribution < 1.29 is 18.7 Å². The summed E-state index contributed by atoms with van der Waals surface area (Å²) in [5.41, 5.74) is -0.530. The molecule has 0 saturated heterocycles. The molecular formula is C17H27FIN3O3. The molecule has 1 atom stereocenters. The van der Waals surface area contributed by atoms with Crippen molar-refractivity contribution in [1.82, 2.24) is 10.6 Å². The third kappa shape index (κ3) is 10.1. The second kappa shape index (κ2) is 11.1. The van der Waals surface area contributed by atoms with Gasteiger partial charge in [0.2, 0.25) is 0 Å². The Bertz CT molecular complexity index is 577. The van der Waals surface area contributed by atoms with E-state index in [4.69, 9.17) is 9.47 Å². The van der Waals surface area contributed by atoms with Crippen molar-refractivity contribution in [2.45, 2.75) is 39.4 Å². The van der Waals surface area contributed by atoms with Crippen LogP contribution in [0.15, 0.2) is 29.3 Å². The van der Waals surface area contributed by atoms with Crippen molar-refractivity contribution in [3.05, 3.63) is 30.1 Å². The highest BCUT2D eigenvalue weighted by Crippen LogP contribution is 2.16. The van der Waals surface area contributed by atoms with Gasteiger partial charge in [0, 0.05) is 7.05 Å². The minimum atomic E-state index is -0.530. The van der Waals surface area contributed by atoms with Gasteiger partial charge in [-0.3, -0.25) is 9.79 Å². The molecule has 8 heteroatoms. The standard InChI is InChI=1S/C17H26FN3O3.HI/c1-12(23-14-9-7-6-8-13(14)18)10-20-16(19-5)21-11-15(22)24-17(2,3)4;/h6-9,12H,10-11H2,1-5H3,(H2,19,20,21);1H. The normalized spacial score (nSPS) is 12.6. The Morgan fingerprint density at radius 2 is 1.92 bits per heavy atom. The highest BCUT2D eigenvalue weighted by atomic mass is 127. The van der Waals surface area contributed by atoms with E-state index in [0.717, 1.165) is 0 Å². The van der Waals surface area contributed by atoms with Gasteiger partial charge in [-0.1, -0.05) is 12.1 Å². The van der Waals surface area contributed by atoms with Crippen molar-refractivity contribution in [1.29, 1.82) is 0 Å². The molecule has 0 aliphatic rings. The number of hydrogen-bond acceptors (Lipinski definition) is 4.